The molecule has 0 saturated carbocycles. The van der Waals surface area contributed by atoms with Crippen molar-refractivity contribution in [1.29, 1.82) is 0 Å². The van der Waals surface area contributed by atoms with Crippen LogP contribution in [0.1, 0.15) is 64.1 Å². The SMILES string of the molecule is COC(=O)NC(C(=O)NN(Cc1ccc(-c2ccccn2)cc1)CC(O)C(Cc1ccccc1)NC(=O)C(N1CCN(Cc2cccc(CO)n2)C1=O)C(C)(C)C)C(C)(C)C. The molecule has 0 aliphatic carbocycles. The van der Waals surface area contributed by atoms with Crippen molar-refractivity contribution in [2.24, 2.45) is 10.8 Å². The summed E-state index contributed by atoms with van der Waals surface area (Å²) in [5.41, 5.74) is 6.02. The average molecular weight is 837 g/mol. The molecule has 326 valence electrons. The van der Waals surface area contributed by atoms with E-state index in [4.69, 9.17) is 4.74 Å². The molecule has 0 bridgehead atoms. The van der Waals surface area contributed by atoms with Crippen LogP contribution in [0.25, 0.3) is 11.3 Å². The number of aromatic nitrogens is 2. The Morgan fingerprint density at radius 3 is 2.13 bits per heavy atom. The molecule has 1 saturated heterocycles. The minimum atomic E-state index is -1.24. The van der Waals surface area contributed by atoms with Gasteiger partial charge in [-0.25, -0.2) is 14.6 Å². The van der Waals surface area contributed by atoms with E-state index in [2.05, 4.69) is 26.0 Å². The van der Waals surface area contributed by atoms with Gasteiger partial charge in [-0.3, -0.25) is 25.0 Å². The summed E-state index contributed by atoms with van der Waals surface area (Å²) in [6, 6.07) is 25.0. The number of hydrogen-bond donors (Lipinski definition) is 5. The minimum absolute atomic E-state index is 0.128. The maximum absolute atomic E-state index is 14.6. The van der Waals surface area contributed by atoms with Gasteiger partial charge in [-0.2, -0.15) is 0 Å². The van der Waals surface area contributed by atoms with Gasteiger partial charge in [0.1, 0.15) is 12.1 Å². The van der Waals surface area contributed by atoms with Gasteiger partial charge in [0.25, 0.3) is 5.91 Å². The number of urea groups is 1. The zero-order chi connectivity index (χ0) is 44.3. The number of carbonyl (C=O) groups is 4. The van der Waals surface area contributed by atoms with Crippen LogP contribution in [0.2, 0.25) is 0 Å². The van der Waals surface area contributed by atoms with Gasteiger partial charge < -0.3 is 35.4 Å². The molecular weight excluding hydrogens is 777 g/mol. The Morgan fingerprint density at radius 1 is 0.820 bits per heavy atom. The van der Waals surface area contributed by atoms with Crippen LogP contribution in [0.15, 0.2) is 97.2 Å². The smallest absolute Gasteiger partial charge is 0.407 e. The highest BCUT2D eigenvalue weighted by Crippen LogP contribution is 2.29. The summed E-state index contributed by atoms with van der Waals surface area (Å²) in [5.74, 6) is -0.958. The first kappa shape index (κ1) is 46.2. The van der Waals surface area contributed by atoms with Crippen molar-refractivity contribution in [3.63, 3.8) is 0 Å². The summed E-state index contributed by atoms with van der Waals surface area (Å²) in [5, 5.41) is 29.1. The average Bonchev–Trinajstić information content (AvgIpc) is 3.57. The number of ether oxygens (including phenoxy) is 1. The van der Waals surface area contributed by atoms with Crippen molar-refractivity contribution < 1.29 is 34.1 Å². The van der Waals surface area contributed by atoms with Crippen molar-refractivity contribution in [3.05, 3.63) is 120 Å². The number of methoxy groups -OCH3 is 1. The number of hydrogen-bond acceptors (Lipinski definition) is 10. The predicted molar refractivity (Wildman–Crippen MR) is 231 cm³/mol. The van der Waals surface area contributed by atoms with E-state index in [1.165, 1.54) is 7.11 Å². The Labute approximate surface area is 358 Å². The molecule has 1 fully saturated rings. The lowest BCUT2D eigenvalue weighted by Crippen LogP contribution is -2.61. The van der Waals surface area contributed by atoms with Crippen molar-refractivity contribution >= 4 is 23.9 Å². The third kappa shape index (κ3) is 12.8. The first-order chi connectivity index (χ1) is 29.0. The second-order valence-corrected chi connectivity index (χ2v) is 17.5. The number of nitrogens with one attached hydrogen (secondary N) is 3. The summed E-state index contributed by atoms with van der Waals surface area (Å²) >= 11 is 0. The zero-order valence-electron chi connectivity index (χ0n) is 36.2. The van der Waals surface area contributed by atoms with Crippen molar-refractivity contribution in [2.75, 3.05) is 26.7 Å². The number of pyridine rings is 2. The zero-order valence-corrected chi connectivity index (χ0v) is 36.2. The molecule has 5 amide bonds. The summed E-state index contributed by atoms with van der Waals surface area (Å²) in [6.07, 6.45) is -0.0412. The molecule has 61 heavy (non-hydrogen) atoms. The third-order valence-electron chi connectivity index (χ3n) is 10.5. The van der Waals surface area contributed by atoms with Crippen LogP contribution < -0.4 is 16.1 Å². The predicted octanol–water partition coefficient (Wildman–Crippen LogP) is 4.68. The van der Waals surface area contributed by atoms with Crippen LogP contribution in [-0.2, 0) is 40.4 Å². The lowest BCUT2D eigenvalue weighted by atomic mass is 9.84. The first-order valence-electron chi connectivity index (χ1n) is 20.5. The van der Waals surface area contributed by atoms with Crippen molar-refractivity contribution in [1.82, 2.24) is 40.8 Å². The van der Waals surface area contributed by atoms with Crippen LogP contribution in [0.4, 0.5) is 9.59 Å². The Morgan fingerprint density at radius 2 is 1.51 bits per heavy atom. The number of benzene rings is 2. The summed E-state index contributed by atoms with van der Waals surface area (Å²) in [7, 11) is 1.22. The molecule has 4 atom stereocenters. The molecule has 1 aliphatic heterocycles. The highest BCUT2D eigenvalue weighted by atomic mass is 16.5. The standard InChI is InChI=1S/C46H60N8O7/c1-45(2,3)39(50-43(59)61-7)41(57)51-53(27-32-19-21-33(22-20-32)36-18-11-12-23-47-36)29-38(56)37(26-31-14-9-8-10-15-31)49-42(58)40(46(4,5)6)54-25-24-52(44(54)60)28-34-16-13-17-35(30-55)48-34/h8-23,37-40,55-56H,24-30H2,1-7H3,(H,49,58)(H,50,59)(H,51,57). The van der Waals surface area contributed by atoms with Gasteiger partial charge in [-0.15, -0.1) is 0 Å². The lowest BCUT2D eigenvalue weighted by molar-refractivity contribution is -0.133. The van der Waals surface area contributed by atoms with Crippen LogP contribution in [0, 0.1) is 10.8 Å². The van der Waals surface area contributed by atoms with Gasteiger partial charge in [0.15, 0.2) is 0 Å². The van der Waals surface area contributed by atoms with Gasteiger partial charge in [0, 0.05) is 37.9 Å². The third-order valence-corrected chi connectivity index (χ3v) is 10.5. The Bertz CT molecular complexity index is 2070. The quantitative estimate of drug-likeness (QED) is 0.0935. The Kier molecular flexibility index (Phi) is 15.6. The number of carbonyl (C=O) groups excluding carboxylic acids is 4. The largest absolute Gasteiger partial charge is 0.453 e. The van der Waals surface area contributed by atoms with E-state index in [1.807, 2.05) is 114 Å². The molecule has 5 N–H and O–H groups in total. The summed E-state index contributed by atoms with van der Waals surface area (Å²) < 4.78 is 4.82. The van der Waals surface area contributed by atoms with Gasteiger partial charge in [0.05, 0.1) is 49.5 Å². The molecular formula is C46H60N8O7. The minimum Gasteiger partial charge on any atom is -0.453 e. The molecule has 15 heteroatoms. The number of rotatable bonds is 17. The molecule has 0 radical (unpaired) electrons. The molecule has 2 aromatic heterocycles. The topological polar surface area (TPSA) is 190 Å². The number of amides is 5. The fourth-order valence-corrected chi connectivity index (χ4v) is 7.41. The van der Waals surface area contributed by atoms with Crippen LogP contribution in [0.5, 0.6) is 0 Å². The molecule has 1 aliphatic rings. The van der Waals surface area contributed by atoms with E-state index in [1.54, 1.807) is 39.2 Å². The van der Waals surface area contributed by atoms with Gasteiger partial charge in [-0.1, -0.05) is 108 Å². The molecule has 15 nitrogen and oxygen atoms in total. The van der Waals surface area contributed by atoms with E-state index in [9.17, 15) is 29.4 Å². The van der Waals surface area contributed by atoms with E-state index in [-0.39, 0.29) is 38.7 Å². The molecule has 3 heterocycles. The molecule has 0 spiro atoms. The monoisotopic (exact) mass is 836 g/mol. The molecule has 2 aromatic carbocycles. The van der Waals surface area contributed by atoms with Gasteiger partial charge >= 0.3 is 12.1 Å². The number of nitrogens with zero attached hydrogens (tertiary/aromatic N) is 5. The molecule has 4 aromatic rings. The fourth-order valence-electron chi connectivity index (χ4n) is 7.41. The van der Waals surface area contributed by atoms with Gasteiger partial charge in [0.2, 0.25) is 5.91 Å². The number of aliphatic hydroxyl groups is 2. The fraction of sp³-hybridized carbons (Fsp3) is 0.435. The summed E-state index contributed by atoms with van der Waals surface area (Å²) in [6.45, 7) is 11.8. The summed E-state index contributed by atoms with van der Waals surface area (Å²) in [4.78, 5) is 67.0. The highest BCUT2D eigenvalue weighted by Gasteiger charge is 2.44. The van der Waals surface area contributed by atoms with E-state index < -0.39 is 53.0 Å². The van der Waals surface area contributed by atoms with Crippen LogP contribution in [0.3, 0.4) is 0 Å². The molecule has 5 rings (SSSR count). The maximum Gasteiger partial charge on any atom is 0.407 e. The van der Waals surface area contributed by atoms with Crippen molar-refractivity contribution in [2.45, 2.75) is 91.9 Å². The van der Waals surface area contributed by atoms with E-state index in [0.29, 0.717) is 24.5 Å². The number of alkyl carbamates (subject to hydrolysis) is 1. The normalized spacial score (nSPS) is 15.2. The molecule has 4 unspecified atom stereocenters. The van der Waals surface area contributed by atoms with Crippen LogP contribution >= 0.6 is 0 Å². The maximum atomic E-state index is 14.6. The van der Waals surface area contributed by atoms with Crippen molar-refractivity contribution in [3.8, 4) is 11.3 Å². The number of hydrazine groups is 1. The first-order valence-corrected chi connectivity index (χ1v) is 20.5. The Hall–Kier alpha value is -5.90. The number of aliphatic hydroxyl groups excluding tert-OH is 2. The second kappa shape index (κ2) is 20.6. The highest BCUT2D eigenvalue weighted by molar-refractivity contribution is 5.89. The second-order valence-electron chi connectivity index (χ2n) is 17.5. The Balaban J connectivity index is 1.41. The van der Waals surface area contributed by atoms with Crippen LogP contribution in [-0.4, -0.2) is 110 Å². The van der Waals surface area contributed by atoms with E-state index in [0.717, 1.165) is 22.4 Å². The van der Waals surface area contributed by atoms with Gasteiger partial charge in [-0.05, 0) is 52.6 Å². The van der Waals surface area contributed by atoms with E-state index >= 15 is 0 Å². The lowest BCUT2D eigenvalue weighted by Gasteiger charge is -2.38.